The molecule has 0 radical (unpaired) electrons. The molecule has 3 rings (SSSR count). The van der Waals surface area contributed by atoms with Crippen molar-refractivity contribution in [3.63, 3.8) is 0 Å². The van der Waals surface area contributed by atoms with Gasteiger partial charge in [-0.15, -0.1) is 0 Å². The lowest BCUT2D eigenvalue weighted by atomic mass is 10.1. The Morgan fingerprint density at radius 3 is 2.14 bits per heavy atom. The molecule has 3 N–H and O–H groups in total. The number of aromatic nitrogens is 2. The van der Waals surface area contributed by atoms with Crippen LogP contribution in [0.3, 0.4) is 0 Å². The van der Waals surface area contributed by atoms with Crippen molar-refractivity contribution in [2.45, 2.75) is 0 Å². The molecule has 0 atom stereocenters. The molecule has 180 valence electrons. The lowest BCUT2D eigenvalue weighted by Gasteiger charge is -2.12. The maximum absolute atomic E-state index is 12.3. The van der Waals surface area contributed by atoms with E-state index in [4.69, 9.17) is 11.6 Å². The molecule has 3 aromatic rings. The molecule has 0 bridgehead atoms. The van der Waals surface area contributed by atoms with Gasteiger partial charge in [-0.25, -0.2) is 19.6 Å². The van der Waals surface area contributed by atoms with Crippen molar-refractivity contribution in [2.75, 3.05) is 25.0 Å². The number of nitrogens with zero attached hydrogens (tertiary/aromatic N) is 3. The number of halogens is 1. The van der Waals surface area contributed by atoms with Crippen molar-refractivity contribution >= 4 is 52.5 Å². The molecular formula is C21H17ClN6O7. The maximum Gasteiger partial charge on any atom is 0.355 e. The molecule has 14 heteroatoms. The van der Waals surface area contributed by atoms with E-state index in [1.807, 2.05) is 0 Å². The number of anilines is 3. The Bertz CT molecular complexity index is 1280. The van der Waals surface area contributed by atoms with Gasteiger partial charge >= 0.3 is 17.6 Å². The fourth-order valence-electron chi connectivity index (χ4n) is 2.86. The van der Waals surface area contributed by atoms with Crippen molar-refractivity contribution in [3.8, 4) is 0 Å². The summed E-state index contributed by atoms with van der Waals surface area (Å²) >= 11 is 5.87. The van der Waals surface area contributed by atoms with Crippen LogP contribution in [-0.4, -0.2) is 47.0 Å². The standard InChI is InChI=1S/C21H17ClN6O7/c1-34-20(30)12-6-13(21(31)35-2)9-15(8-12)25-17-16(28(32)33)18(24-10-23-17)26-27-19(29)11-4-3-5-14(22)7-11/h3-10H,1-2H3,(H,27,29)(H2,23,24,25,26). The second-order valence-corrected chi connectivity index (χ2v) is 7.11. The van der Waals surface area contributed by atoms with Gasteiger partial charge in [0, 0.05) is 16.3 Å². The Morgan fingerprint density at radius 2 is 1.57 bits per heavy atom. The lowest BCUT2D eigenvalue weighted by Crippen LogP contribution is -2.30. The summed E-state index contributed by atoms with van der Waals surface area (Å²) in [7, 11) is 2.32. The molecule has 0 aliphatic carbocycles. The highest BCUT2D eigenvalue weighted by Crippen LogP contribution is 2.31. The summed E-state index contributed by atoms with van der Waals surface area (Å²) in [6, 6.07) is 9.91. The average Bonchev–Trinajstić information content (AvgIpc) is 2.85. The molecule has 1 aromatic heterocycles. The maximum atomic E-state index is 12.3. The minimum atomic E-state index is -0.776. The van der Waals surface area contributed by atoms with Crippen molar-refractivity contribution < 1.29 is 28.8 Å². The Labute approximate surface area is 202 Å². The summed E-state index contributed by atoms with van der Waals surface area (Å²) in [4.78, 5) is 55.1. The molecule has 13 nitrogen and oxygen atoms in total. The van der Waals surface area contributed by atoms with E-state index in [1.54, 1.807) is 12.1 Å². The highest BCUT2D eigenvalue weighted by molar-refractivity contribution is 6.31. The lowest BCUT2D eigenvalue weighted by molar-refractivity contribution is -0.383. The number of carbonyl (C=O) groups excluding carboxylic acids is 3. The zero-order chi connectivity index (χ0) is 25.5. The number of hydrogen-bond acceptors (Lipinski definition) is 11. The quantitative estimate of drug-likeness (QED) is 0.235. The van der Waals surface area contributed by atoms with Crippen LogP contribution in [0.2, 0.25) is 5.02 Å². The van der Waals surface area contributed by atoms with Crippen LogP contribution in [-0.2, 0) is 9.47 Å². The fourth-order valence-corrected chi connectivity index (χ4v) is 3.05. The molecule has 1 amide bonds. The molecule has 0 aliphatic rings. The number of rotatable bonds is 8. The second-order valence-electron chi connectivity index (χ2n) is 6.67. The summed E-state index contributed by atoms with van der Waals surface area (Å²) in [6.45, 7) is 0. The van der Waals surface area contributed by atoms with Gasteiger partial charge in [0.25, 0.3) is 5.91 Å². The third kappa shape index (κ3) is 5.97. The highest BCUT2D eigenvalue weighted by Gasteiger charge is 2.24. The summed E-state index contributed by atoms with van der Waals surface area (Å²) in [5.41, 5.74) is 4.35. The number of esters is 2. The highest BCUT2D eigenvalue weighted by atomic mass is 35.5. The summed E-state index contributed by atoms with van der Waals surface area (Å²) in [5.74, 6) is -2.74. The molecule has 2 aromatic carbocycles. The normalized spacial score (nSPS) is 10.1. The number of methoxy groups -OCH3 is 2. The average molecular weight is 501 g/mol. The van der Waals surface area contributed by atoms with E-state index in [0.29, 0.717) is 5.02 Å². The number of ether oxygens (including phenoxy) is 2. The SMILES string of the molecule is COC(=O)c1cc(Nc2ncnc(NNC(=O)c3cccc(Cl)c3)c2[N+](=O)[O-])cc(C(=O)OC)c1. The predicted molar refractivity (Wildman–Crippen MR) is 124 cm³/mol. The topological polar surface area (TPSA) is 175 Å². The summed E-state index contributed by atoms with van der Waals surface area (Å²) in [6.07, 6.45) is 1.01. The number of hydrazine groups is 1. The van der Waals surface area contributed by atoms with Crippen molar-refractivity contribution in [1.29, 1.82) is 0 Å². The Hall–Kier alpha value is -4.78. The second kappa shape index (κ2) is 10.9. The zero-order valence-electron chi connectivity index (χ0n) is 18.2. The molecule has 35 heavy (non-hydrogen) atoms. The van der Waals surface area contributed by atoms with Crippen molar-refractivity contribution in [2.24, 2.45) is 0 Å². The van der Waals surface area contributed by atoms with E-state index < -0.39 is 28.5 Å². The monoisotopic (exact) mass is 500 g/mol. The first-order valence-corrected chi connectivity index (χ1v) is 10.0. The van der Waals surface area contributed by atoms with Crippen LogP contribution in [0, 0.1) is 10.1 Å². The first kappa shape index (κ1) is 24.9. The minimum Gasteiger partial charge on any atom is -0.465 e. The van der Waals surface area contributed by atoms with Gasteiger partial charge in [-0.2, -0.15) is 0 Å². The van der Waals surface area contributed by atoms with Gasteiger partial charge < -0.3 is 14.8 Å². The van der Waals surface area contributed by atoms with E-state index >= 15 is 0 Å². The Balaban J connectivity index is 1.93. The largest absolute Gasteiger partial charge is 0.465 e. The van der Waals surface area contributed by atoms with E-state index in [1.165, 1.54) is 30.3 Å². The molecule has 0 spiro atoms. The molecule has 0 saturated heterocycles. The number of nitrogens with one attached hydrogen (secondary N) is 3. The number of benzene rings is 2. The predicted octanol–water partition coefficient (Wildman–Crippen LogP) is 3.11. The van der Waals surface area contributed by atoms with Gasteiger partial charge in [0.2, 0.25) is 11.6 Å². The molecule has 0 unspecified atom stereocenters. The van der Waals surface area contributed by atoms with Crippen LogP contribution in [0.15, 0.2) is 48.8 Å². The van der Waals surface area contributed by atoms with Crippen LogP contribution in [0.25, 0.3) is 0 Å². The third-order valence-corrected chi connectivity index (χ3v) is 4.66. The molecule has 0 fully saturated rings. The minimum absolute atomic E-state index is 0.0123. The first-order chi connectivity index (χ1) is 16.7. The van der Waals surface area contributed by atoms with E-state index in [0.717, 1.165) is 20.5 Å². The summed E-state index contributed by atoms with van der Waals surface area (Å²) < 4.78 is 9.36. The van der Waals surface area contributed by atoms with Crippen LogP contribution in [0.5, 0.6) is 0 Å². The number of carbonyl (C=O) groups is 3. The molecule has 1 heterocycles. The first-order valence-electron chi connectivity index (χ1n) is 9.63. The van der Waals surface area contributed by atoms with Crippen molar-refractivity contribution in [3.05, 3.63) is 80.6 Å². The third-order valence-electron chi connectivity index (χ3n) is 4.42. The fraction of sp³-hybridized carbons (Fsp3) is 0.0952. The van der Waals surface area contributed by atoms with Crippen molar-refractivity contribution in [1.82, 2.24) is 15.4 Å². The van der Waals surface area contributed by atoms with Gasteiger partial charge in [0.1, 0.15) is 6.33 Å². The van der Waals surface area contributed by atoms with Gasteiger partial charge in [-0.1, -0.05) is 17.7 Å². The Kier molecular flexibility index (Phi) is 7.74. The summed E-state index contributed by atoms with van der Waals surface area (Å²) in [5, 5.41) is 14.8. The molecule has 0 aliphatic heterocycles. The van der Waals surface area contributed by atoms with E-state index in [9.17, 15) is 24.5 Å². The number of nitro groups is 1. The van der Waals surface area contributed by atoms with Gasteiger partial charge in [-0.3, -0.25) is 25.8 Å². The molecule has 0 saturated carbocycles. The van der Waals surface area contributed by atoms with Crippen LogP contribution in [0.4, 0.5) is 23.0 Å². The number of hydrogen-bond donors (Lipinski definition) is 3. The van der Waals surface area contributed by atoms with Crippen LogP contribution < -0.4 is 16.2 Å². The van der Waals surface area contributed by atoms with Gasteiger partial charge in [-0.05, 0) is 36.4 Å². The smallest absolute Gasteiger partial charge is 0.355 e. The Morgan fingerprint density at radius 1 is 0.943 bits per heavy atom. The zero-order valence-corrected chi connectivity index (χ0v) is 19.0. The van der Waals surface area contributed by atoms with Gasteiger partial charge in [0.05, 0.1) is 30.3 Å². The van der Waals surface area contributed by atoms with Gasteiger partial charge in [0.15, 0.2) is 0 Å². The van der Waals surface area contributed by atoms with Crippen LogP contribution >= 0.6 is 11.6 Å². The molecular weight excluding hydrogens is 484 g/mol. The van der Waals surface area contributed by atoms with Crippen LogP contribution in [0.1, 0.15) is 31.1 Å². The van der Waals surface area contributed by atoms with E-state index in [-0.39, 0.29) is 34.0 Å². The number of amides is 1. The van der Waals surface area contributed by atoms with E-state index in [2.05, 4.69) is 35.6 Å².